The van der Waals surface area contributed by atoms with E-state index in [-0.39, 0.29) is 12.7 Å². The average molecular weight is 316 g/mol. The molecule has 0 radical (unpaired) electrons. The first-order valence-electron chi connectivity index (χ1n) is 8.06. The largest absolute Gasteiger partial charge is 0.384 e. The molecular formula is C16H28O6. The van der Waals surface area contributed by atoms with Crippen LogP contribution in [-0.4, -0.2) is 62.9 Å². The molecule has 1 heterocycles. The van der Waals surface area contributed by atoms with Gasteiger partial charge in [0.1, 0.15) is 0 Å². The first-order chi connectivity index (χ1) is 10.6. The molecule has 1 N–H and O–H groups in total. The smallest absolute Gasteiger partial charge is 0.223 e. The Labute approximate surface area is 132 Å². The van der Waals surface area contributed by atoms with Crippen LogP contribution in [0.4, 0.5) is 0 Å². The Kier molecular flexibility index (Phi) is 6.35. The van der Waals surface area contributed by atoms with E-state index in [2.05, 4.69) is 0 Å². The number of hydrogen-bond acceptors (Lipinski definition) is 6. The minimum absolute atomic E-state index is 0.253. The second kappa shape index (κ2) is 7.84. The third kappa shape index (κ3) is 3.21. The topological polar surface area (TPSA) is 74.2 Å². The zero-order chi connectivity index (χ0) is 16.2. The van der Waals surface area contributed by atoms with Crippen molar-refractivity contribution in [3.05, 3.63) is 0 Å². The minimum Gasteiger partial charge on any atom is -0.384 e. The van der Waals surface area contributed by atoms with Crippen molar-refractivity contribution in [2.24, 2.45) is 5.92 Å². The van der Waals surface area contributed by atoms with Gasteiger partial charge in [-0.05, 0) is 12.8 Å². The molecule has 0 spiro atoms. The summed E-state index contributed by atoms with van der Waals surface area (Å²) in [6.07, 6.45) is 3.65. The molecule has 0 amide bonds. The molecule has 2 bridgehead atoms. The van der Waals surface area contributed by atoms with Gasteiger partial charge in [0.25, 0.3) is 0 Å². The fraction of sp³-hybridized carbons (Fsp3) is 0.938. The van der Waals surface area contributed by atoms with Crippen molar-refractivity contribution in [2.75, 3.05) is 27.9 Å². The molecule has 0 aromatic rings. The van der Waals surface area contributed by atoms with E-state index >= 15 is 0 Å². The molecule has 0 unspecified atom stereocenters. The number of methoxy groups -OCH3 is 3. The highest BCUT2D eigenvalue weighted by atomic mass is 16.7. The molecule has 0 aromatic carbocycles. The summed E-state index contributed by atoms with van der Waals surface area (Å²) in [6, 6.07) is 0. The third-order valence-electron chi connectivity index (χ3n) is 4.96. The second-order valence-corrected chi connectivity index (χ2v) is 6.21. The van der Waals surface area contributed by atoms with Crippen molar-refractivity contribution < 1.29 is 28.8 Å². The average Bonchev–Trinajstić information content (AvgIpc) is 2.52. The number of carbonyl (C=O) groups is 1. The zero-order valence-corrected chi connectivity index (χ0v) is 13.7. The van der Waals surface area contributed by atoms with E-state index in [1.165, 1.54) is 14.2 Å². The highest BCUT2D eigenvalue weighted by molar-refractivity contribution is 5.92. The highest BCUT2D eigenvalue weighted by Crippen LogP contribution is 2.40. The fourth-order valence-corrected chi connectivity index (χ4v) is 3.76. The van der Waals surface area contributed by atoms with Gasteiger partial charge in [-0.3, -0.25) is 4.79 Å². The summed E-state index contributed by atoms with van der Waals surface area (Å²) in [6.45, 7) is 0.253. The summed E-state index contributed by atoms with van der Waals surface area (Å²) >= 11 is 0. The summed E-state index contributed by atoms with van der Waals surface area (Å²) in [5.74, 6) is -0.903. The van der Waals surface area contributed by atoms with E-state index in [9.17, 15) is 9.90 Å². The van der Waals surface area contributed by atoms with Gasteiger partial charge in [-0.15, -0.1) is 0 Å². The Bertz CT molecular complexity index is 374. The van der Waals surface area contributed by atoms with Crippen LogP contribution >= 0.6 is 0 Å². The predicted octanol–water partition coefficient (Wildman–Crippen LogP) is 1.29. The van der Waals surface area contributed by atoms with Gasteiger partial charge in [0.15, 0.2) is 5.60 Å². The maximum absolute atomic E-state index is 12.8. The number of ether oxygens (including phenoxy) is 4. The van der Waals surface area contributed by atoms with Gasteiger partial charge in [0, 0.05) is 27.2 Å². The Balaban J connectivity index is 2.41. The summed E-state index contributed by atoms with van der Waals surface area (Å²) in [5.41, 5.74) is -1.63. The Morgan fingerprint density at radius 1 is 1.14 bits per heavy atom. The van der Waals surface area contributed by atoms with Crippen LogP contribution in [0.25, 0.3) is 0 Å². The molecule has 128 valence electrons. The summed E-state index contributed by atoms with van der Waals surface area (Å²) in [4.78, 5) is 12.8. The summed E-state index contributed by atoms with van der Waals surface area (Å²) in [7, 11) is 4.53. The van der Waals surface area contributed by atoms with Gasteiger partial charge in [-0.2, -0.15) is 0 Å². The molecule has 6 nitrogen and oxygen atoms in total. The molecule has 1 aliphatic heterocycles. The van der Waals surface area contributed by atoms with Crippen LogP contribution in [0.5, 0.6) is 0 Å². The van der Waals surface area contributed by atoms with Crippen molar-refractivity contribution in [1.82, 2.24) is 0 Å². The molecular weight excluding hydrogens is 288 g/mol. The molecule has 5 atom stereocenters. The first kappa shape index (κ1) is 17.8. The number of aliphatic hydroxyl groups is 1. The molecule has 1 saturated heterocycles. The standard InChI is InChI=1S/C16H28O6/c1-19-10-11-12-8-6-4-5-7-9-13(20-2)16(11,18)14(17)15(21-3)22-12/h11-13,15,18H,4-10H2,1-3H3/t11-,12+,13+,15-,16-/m0/s1. The molecule has 2 rings (SSSR count). The van der Waals surface area contributed by atoms with Crippen LogP contribution < -0.4 is 0 Å². The Hall–Kier alpha value is -0.530. The van der Waals surface area contributed by atoms with Crippen molar-refractivity contribution in [1.29, 1.82) is 0 Å². The van der Waals surface area contributed by atoms with Crippen molar-refractivity contribution >= 4 is 5.78 Å². The van der Waals surface area contributed by atoms with Gasteiger partial charge >= 0.3 is 0 Å². The normalized spacial score (nSPS) is 40.5. The predicted molar refractivity (Wildman–Crippen MR) is 79.5 cm³/mol. The zero-order valence-electron chi connectivity index (χ0n) is 13.7. The monoisotopic (exact) mass is 316 g/mol. The van der Waals surface area contributed by atoms with E-state index in [4.69, 9.17) is 18.9 Å². The van der Waals surface area contributed by atoms with Crippen molar-refractivity contribution in [3.63, 3.8) is 0 Å². The highest BCUT2D eigenvalue weighted by Gasteiger charge is 2.59. The van der Waals surface area contributed by atoms with Gasteiger partial charge < -0.3 is 24.1 Å². The van der Waals surface area contributed by atoms with Crippen LogP contribution in [0.1, 0.15) is 38.5 Å². The van der Waals surface area contributed by atoms with Crippen LogP contribution in [0.3, 0.4) is 0 Å². The lowest BCUT2D eigenvalue weighted by atomic mass is 9.71. The van der Waals surface area contributed by atoms with Crippen LogP contribution in [0.15, 0.2) is 0 Å². The lowest BCUT2D eigenvalue weighted by Crippen LogP contribution is -2.68. The Morgan fingerprint density at radius 3 is 2.41 bits per heavy atom. The minimum atomic E-state index is -1.63. The van der Waals surface area contributed by atoms with E-state index in [1.807, 2.05) is 0 Å². The molecule has 1 aliphatic carbocycles. The Morgan fingerprint density at radius 2 is 1.82 bits per heavy atom. The van der Waals surface area contributed by atoms with Gasteiger partial charge in [-0.25, -0.2) is 0 Å². The maximum Gasteiger partial charge on any atom is 0.223 e. The van der Waals surface area contributed by atoms with E-state index in [0.717, 1.165) is 32.1 Å². The number of carbonyl (C=O) groups excluding carboxylic acids is 1. The number of ketones is 1. The first-order valence-corrected chi connectivity index (χ1v) is 8.06. The van der Waals surface area contributed by atoms with Crippen LogP contribution in [-0.2, 0) is 23.7 Å². The molecule has 2 aliphatic rings. The van der Waals surface area contributed by atoms with Gasteiger partial charge in [-0.1, -0.05) is 25.7 Å². The quantitative estimate of drug-likeness (QED) is 0.842. The maximum atomic E-state index is 12.8. The van der Waals surface area contributed by atoms with E-state index in [0.29, 0.717) is 6.42 Å². The van der Waals surface area contributed by atoms with Gasteiger partial charge in [0.05, 0.1) is 18.8 Å². The van der Waals surface area contributed by atoms with E-state index < -0.39 is 29.7 Å². The second-order valence-electron chi connectivity index (χ2n) is 6.21. The number of hydrogen-bond donors (Lipinski definition) is 1. The third-order valence-corrected chi connectivity index (χ3v) is 4.96. The van der Waals surface area contributed by atoms with E-state index in [1.54, 1.807) is 7.11 Å². The molecule has 6 heteroatoms. The van der Waals surface area contributed by atoms with Crippen LogP contribution in [0, 0.1) is 5.92 Å². The van der Waals surface area contributed by atoms with Gasteiger partial charge in [0.2, 0.25) is 12.1 Å². The summed E-state index contributed by atoms with van der Waals surface area (Å²) < 4.78 is 21.8. The number of rotatable bonds is 4. The molecule has 0 aromatic heterocycles. The lowest BCUT2D eigenvalue weighted by Gasteiger charge is -2.48. The molecule has 1 saturated carbocycles. The fourth-order valence-electron chi connectivity index (χ4n) is 3.76. The summed E-state index contributed by atoms with van der Waals surface area (Å²) in [5, 5.41) is 11.3. The van der Waals surface area contributed by atoms with Crippen molar-refractivity contribution in [2.45, 2.75) is 62.6 Å². The van der Waals surface area contributed by atoms with Crippen molar-refractivity contribution in [3.8, 4) is 0 Å². The lowest BCUT2D eigenvalue weighted by molar-refractivity contribution is -0.260. The SMILES string of the molecule is COC[C@H]1[C@H]2CCCCCC[C@@H](OC)[C@]1(O)C(=O)[C@@H](OC)O2. The molecule has 2 fully saturated rings. The number of fused-ring (bicyclic) bond motifs is 2. The number of Topliss-reactive ketones (excluding diaryl/α,β-unsaturated/α-hetero) is 1. The van der Waals surface area contributed by atoms with Crippen LogP contribution in [0.2, 0.25) is 0 Å². The molecule has 22 heavy (non-hydrogen) atoms.